The Balaban J connectivity index is 1.83. The van der Waals surface area contributed by atoms with Crippen LogP contribution in [0.25, 0.3) is 0 Å². The number of carbonyl (C=O) groups excluding carboxylic acids is 2. The van der Waals surface area contributed by atoms with Crippen molar-refractivity contribution in [3.63, 3.8) is 0 Å². The number of halogens is 2. The summed E-state index contributed by atoms with van der Waals surface area (Å²) in [6, 6.07) is 10.7. The maximum Gasteiger partial charge on any atom is 0.306 e. The Morgan fingerprint density at radius 2 is 1.88 bits per heavy atom. The van der Waals surface area contributed by atoms with Crippen LogP contribution in [0, 0.1) is 5.82 Å². The van der Waals surface area contributed by atoms with Gasteiger partial charge in [0.2, 0.25) is 0 Å². The van der Waals surface area contributed by atoms with Crippen molar-refractivity contribution in [2.45, 2.75) is 25.9 Å². The van der Waals surface area contributed by atoms with Gasteiger partial charge in [-0.15, -0.1) is 0 Å². The first-order valence-electron chi connectivity index (χ1n) is 7.97. The molecule has 5 nitrogen and oxygen atoms in total. The molecule has 1 atom stereocenters. The number of methoxy groups -OCH3 is 1. The van der Waals surface area contributed by atoms with E-state index in [0.717, 1.165) is 5.56 Å². The van der Waals surface area contributed by atoms with Gasteiger partial charge in [0, 0.05) is 12.1 Å². The van der Waals surface area contributed by atoms with E-state index in [0.29, 0.717) is 22.9 Å². The average Bonchev–Trinajstić information content (AvgIpc) is 2.61. The summed E-state index contributed by atoms with van der Waals surface area (Å²) < 4.78 is 23.0. The van der Waals surface area contributed by atoms with E-state index in [2.05, 4.69) is 5.32 Å². The van der Waals surface area contributed by atoms with Crippen molar-refractivity contribution in [1.29, 1.82) is 0 Å². The van der Waals surface area contributed by atoms with Crippen molar-refractivity contribution >= 4 is 29.2 Å². The van der Waals surface area contributed by atoms with Gasteiger partial charge in [-0.1, -0.05) is 23.7 Å². The van der Waals surface area contributed by atoms with Gasteiger partial charge in [-0.2, -0.15) is 0 Å². The third-order valence-corrected chi connectivity index (χ3v) is 3.92. The number of ether oxygens (including phenoxy) is 2. The lowest BCUT2D eigenvalue weighted by molar-refractivity contribution is -0.153. The molecule has 0 aliphatic carbocycles. The number of esters is 1. The fourth-order valence-electron chi connectivity index (χ4n) is 2.20. The van der Waals surface area contributed by atoms with Crippen LogP contribution in [0.15, 0.2) is 42.5 Å². The van der Waals surface area contributed by atoms with E-state index in [1.54, 1.807) is 30.3 Å². The molecule has 26 heavy (non-hydrogen) atoms. The molecular weight excluding hydrogens is 361 g/mol. The van der Waals surface area contributed by atoms with Crippen LogP contribution in [0.3, 0.4) is 0 Å². The molecule has 2 aromatic rings. The maximum absolute atomic E-state index is 12.8. The van der Waals surface area contributed by atoms with E-state index < -0.39 is 18.0 Å². The predicted molar refractivity (Wildman–Crippen MR) is 96.9 cm³/mol. The van der Waals surface area contributed by atoms with Gasteiger partial charge < -0.3 is 14.8 Å². The zero-order valence-corrected chi connectivity index (χ0v) is 15.2. The second kappa shape index (κ2) is 9.20. The molecule has 1 N–H and O–H groups in total. The van der Waals surface area contributed by atoms with Crippen LogP contribution in [-0.2, 0) is 20.7 Å². The molecular formula is C19H19ClFNO4. The number of nitrogens with one attached hydrogen (secondary N) is 1. The topological polar surface area (TPSA) is 64.6 Å². The summed E-state index contributed by atoms with van der Waals surface area (Å²) in [7, 11) is 1.49. The second-order valence-corrected chi connectivity index (χ2v) is 6.00. The number of carbonyl (C=O) groups is 2. The fourth-order valence-corrected chi connectivity index (χ4v) is 2.45. The molecule has 0 bridgehead atoms. The van der Waals surface area contributed by atoms with Gasteiger partial charge in [0.1, 0.15) is 11.6 Å². The van der Waals surface area contributed by atoms with Gasteiger partial charge in [0.15, 0.2) is 6.10 Å². The summed E-state index contributed by atoms with van der Waals surface area (Å²) >= 11 is 6.00. The molecule has 0 fully saturated rings. The largest absolute Gasteiger partial charge is 0.495 e. The minimum atomic E-state index is -0.961. The molecule has 0 aliphatic heterocycles. The Kier molecular flexibility index (Phi) is 6.97. The molecule has 0 saturated carbocycles. The second-order valence-electron chi connectivity index (χ2n) is 5.60. The smallest absolute Gasteiger partial charge is 0.306 e. The van der Waals surface area contributed by atoms with Gasteiger partial charge in [-0.3, -0.25) is 9.59 Å². The number of amides is 1. The van der Waals surface area contributed by atoms with E-state index in [-0.39, 0.29) is 12.2 Å². The molecule has 1 amide bonds. The van der Waals surface area contributed by atoms with Crippen LogP contribution < -0.4 is 10.1 Å². The van der Waals surface area contributed by atoms with Crippen LogP contribution in [0.1, 0.15) is 18.9 Å². The van der Waals surface area contributed by atoms with E-state index in [4.69, 9.17) is 21.1 Å². The van der Waals surface area contributed by atoms with E-state index in [1.165, 1.54) is 26.2 Å². The molecule has 138 valence electrons. The average molecular weight is 380 g/mol. The summed E-state index contributed by atoms with van der Waals surface area (Å²) in [6.45, 7) is 1.48. The molecule has 0 spiro atoms. The molecule has 0 radical (unpaired) electrons. The van der Waals surface area contributed by atoms with Gasteiger partial charge in [0.25, 0.3) is 5.91 Å². The number of hydrogen-bond acceptors (Lipinski definition) is 4. The lowest BCUT2D eigenvalue weighted by Crippen LogP contribution is -2.30. The van der Waals surface area contributed by atoms with Crippen molar-refractivity contribution in [1.82, 2.24) is 0 Å². The summed E-state index contributed by atoms with van der Waals surface area (Å²) in [6.07, 6.45) is -0.462. The Morgan fingerprint density at radius 1 is 1.19 bits per heavy atom. The highest BCUT2D eigenvalue weighted by atomic mass is 35.5. The summed E-state index contributed by atoms with van der Waals surface area (Å²) in [5.74, 6) is -0.823. The van der Waals surface area contributed by atoms with Gasteiger partial charge in [-0.05, 0) is 49.2 Å². The minimum absolute atomic E-state index is 0.0949. The highest BCUT2D eigenvalue weighted by molar-refractivity contribution is 6.32. The first kappa shape index (κ1) is 19.7. The maximum atomic E-state index is 12.8. The summed E-state index contributed by atoms with van der Waals surface area (Å²) in [5.41, 5.74) is 1.28. The van der Waals surface area contributed by atoms with Crippen molar-refractivity contribution in [2.24, 2.45) is 0 Å². The first-order valence-corrected chi connectivity index (χ1v) is 8.35. The van der Waals surface area contributed by atoms with Gasteiger partial charge in [0.05, 0.1) is 12.1 Å². The minimum Gasteiger partial charge on any atom is -0.495 e. The fraction of sp³-hybridized carbons (Fsp3) is 0.263. The number of hydrogen-bond donors (Lipinski definition) is 1. The first-order chi connectivity index (χ1) is 12.4. The third kappa shape index (κ3) is 5.74. The zero-order chi connectivity index (χ0) is 19.1. The van der Waals surface area contributed by atoms with Crippen LogP contribution in [0.5, 0.6) is 5.75 Å². The van der Waals surface area contributed by atoms with Crippen LogP contribution in [0.4, 0.5) is 10.1 Å². The van der Waals surface area contributed by atoms with Crippen molar-refractivity contribution in [2.75, 3.05) is 12.4 Å². The van der Waals surface area contributed by atoms with Crippen molar-refractivity contribution in [3.8, 4) is 5.75 Å². The van der Waals surface area contributed by atoms with E-state index in [1.807, 2.05) is 0 Å². The van der Waals surface area contributed by atoms with Crippen LogP contribution in [-0.4, -0.2) is 25.1 Å². The Labute approximate surface area is 156 Å². The molecule has 0 heterocycles. The Morgan fingerprint density at radius 3 is 2.50 bits per heavy atom. The molecule has 0 saturated heterocycles. The highest BCUT2D eigenvalue weighted by Crippen LogP contribution is 2.27. The molecule has 7 heteroatoms. The lowest BCUT2D eigenvalue weighted by atomic mass is 10.1. The number of rotatable bonds is 7. The van der Waals surface area contributed by atoms with Crippen molar-refractivity contribution < 1.29 is 23.5 Å². The molecule has 2 rings (SSSR count). The molecule has 0 aromatic heterocycles. The number of aryl methyl sites for hydroxylation is 1. The SMILES string of the molecule is COc1ccc(NC(=O)[C@H](C)OC(=O)CCc2ccc(F)cc2)cc1Cl. The van der Waals surface area contributed by atoms with E-state index in [9.17, 15) is 14.0 Å². The van der Waals surface area contributed by atoms with Gasteiger partial charge in [-0.25, -0.2) is 4.39 Å². The zero-order valence-electron chi connectivity index (χ0n) is 14.4. The monoisotopic (exact) mass is 379 g/mol. The highest BCUT2D eigenvalue weighted by Gasteiger charge is 2.18. The van der Waals surface area contributed by atoms with E-state index >= 15 is 0 Å². The Hall–Kier alpha value is -2.60. The molecule has 2 aromatic carbocycles. The van der Waals surface area contributed by atoms with Crippen LogP contribution >= 0.6 is 11.6 Å². The summed E-state index contributed by atoms with van der Waals surface area (Å²) in [4.78, 5) is 24.0. The Bertz CT molecular complexity index is 780. The number of anilines is 1. The molecule has 0 unspecified atom stereocenters. The number of benzene rings is 2. The standard InChI is InChI=1S/C19H19ClFNO4/c1-12(19(24)22-15-8-9-17(25-2)16(20)11-15)26-18(23)10-5-13-3-6-14(21)7-4-13/h3-4,6-9,11-12H,5,10H2,1-2H3,(H,22,24)/t12-/m0/s1. The van der Waals surface area contributed by atoms with Crippen LogP contribution in [0.2, 0.25) is 5.02 Å². The quantitative estimate of drug-likeness (QED) is 0.739. The predicted octanol–water partition coefficient (Wildman–Crippen LogP) is 3.99. The molecule has 0 aliphatic rings. The van der Waals surface area contributed by atoms with Crippen molar-refractivity contribution in [3.05, 3.63) is 58.9 Å². The normalized spacial score (nSPS) is 11.5. The summed E-state index contributed by atoms with van der Waals surface area (Å²) in [5, 5.41) is 2.98. The lowest BCUT2D eigenvalue weighted by Gasteiger charge is -2.14. The van der Waals surface area contributed by atoms with Gasteiger partial charge >= 0.3 is 5.97 Å². The third-order valence-electron chi connectivity index (χ3n) is 3.63.